The largest absolute Gasteiger partial charge is 0.356 e. The monoisotopic (exact) mass is 275 g/mol. The van der Waals surface area contributed by atoms with Gasteiger partial charge in [-0.3, -0.25) is 0 Å². The molecule has 1 saturated heterocycles. The summed E-state index contributed by atoms with van der Waals surface area (Å²) >= 11 is 0. The molecule has 0 amide bonds. The molecule has 112 valence electrons. The van der Waals surface area contributed by atoms with Crippen molar-refractivity contribution in [3.05, 3.63) is 23.9 Å². The predicted octanol–water partition coefficient (Wildman–Crippen LogP) is 3.31. The van der Waals surface area contributed by atoms with Crippen LogP contribution in [-0.2, 0) is 6.54 Å². The summed E-state index contributed by atoms with van der Waals surface area (Å²) in [7, 11) is 0. The number of nitrogens with zero attached hydrogens (tertiary/aromatic N) is 2. The lowest BCUT2D eigenvalue weighted by Crippen LogP contribution is -2.39. The highest BCUT2D eigenvalue weighted by Gasteiger charge is 2.22. The number of anilines is 1. The van der Waals surface area contributed by atoms with Gasteiger partial charge in [-0.2, -0.15) is 0 Å². The summed E-state index contributed by atoms with van der Waals surface area (Å²) in [6, 6.07) is 4.39. The molecule has 0 aliphatic carbocycles. The van der Waals surface area contributed by atoms with Crippen LogP contribution in [0.2, 0.25) is 0 Å². The van der Waals surface area contributed by atoms with Crippen LogP contribution in [0.5, 0.6) is 0 Å². The number of hydrogen-bond acceptors (Lipinski definition) is 3. The molecule has 1 N–H and O–H groups in total. The van der Waals surface area contributed by atoms with Gasteiger partial charge < -0.3 is 10.2 Å². The molecule has 2 rings (SSSR count). The third-order valence-electron chi connectivity index (χ3n) is 3.88. The first-order valence-corrected chi connectivity index (χ1v) is 7.95. The molecule has 2 heterocycles. The molecular weight excluding hydrogens is 246 g/mol. The lowest BCUT2D eigenvalue weighted by molar-refractivity contribution is 0.355. The first-order chi connectivity index (χ1) is 9.54. The minimum atomic E-state index is 0.693. The van der Waals surface area contributed by atoms with Crippen LogP contribution in [0.3, 0.4) is 0 Å². The molecule has 0 radical (unpaired) electrons. The number of pyridine rings is 1. The van der Waals surface area contributed by atoms with Gasteiger partial charge in [-0.25, -0.2) is 4.98 Å². The summed E-state index contributed by atoms with van der Waals surface area (Å²) in [5.74, 6) is 3.37. The quantitative estimate of drug-likeness (QED) is 0.893. The van der Waals surface area contributed by atoms with Crippen molar-refractivity contribution in [3.8, 4) is 0 Å². The third kappa shape index (κ3) is 4.48. The highest BCUT2D eigenvalue weighted by Crippen LogP contribution is 2.24. The maximum atomic E-state index is 4.65. The van der Waals surface area contributed by atoms with Crippen molar-refractivity contribution in [3.63, 3.8) is 0 Å². The Balaban J connectivity index is 1.90. The van der Waals surface area contributed by atoms with Crippen LogP contribution in [0, 0.1) is 17.8 Å². The van der Waals surface area contributed by atoms with E-state index in [9.17, 15) is 0 Å². The maximum absolute atomic E-state index is 4.65. The smallest absolute Gasteiger partial charge is 0.128 e. The Morgan fingerprint density at radius 2 is 1.95 bits per heavy atom. The van der Waals surface area contributed by atoms with Gasteiger partial charge in [0.25, 0.3) is 0 Å². The van der Waals surface area contributed by atoms with Crippen molar-refractivity contribution in [2.45, 2.75) is 40.7 Å². The van der Waals surface area contributed by atoms with E-state index in [1.807, 2.05) is 6.20 Å². The van der Waals surface area contributed by atoms with Crippen LogP contribution >= 0.6 is 0 Å². The number of piperidine rings is 1. The first kappa shape index (κ1) is 15.3. The van der Waals surface area contributed by atoms with E-state index in [0.717, 1.165) is 43.8 Å². The second-order valence-corrected chi connectivity index (χ2v) is 6.90. The summed E-state index contributed by atoms with van der Waals surface area (Å²) in [5.41, 5.74) is 1.27. The molecule has 0 saturated carbocycles. The molecule has 3 heteroatoms. The molecule has 1 aliphatic heterocycles. The van der Waals surface area contributed by atoms with E-state index in [1.54, 1.807) is 0 Å². The summed E-state index contributed by atoms with van der Waals surface area (Å²) in [6.45, 7) is 13.4. The van der Waals surface area contributed by atoms with Gasteiger partial charge in [-0.15, -0.1) is 0 Å². The Kier molecular flexibility index (Phi) is 5.41. The fraction of sp³-hybridized carbons (Fsp3) is 0.706. The second kappa shape index (κ2) is 7.07. The Morgan fingerprint density at radius 1 is 1.25 bits per heavy atom. The third-order valence-corrected chi connectivity index (χ3v) is 3.88. The fourth-order valence-electron chi connectivity index (χ4n) is 3.06. The summed E-state index contributed by atoms with van der Waals surface area (Å²) in [6.07, 6.45) is 3.36. The van der Waals surface area contributed by atoms with Gasteiger partial charge in [-0.1, -0.05) is 33.8 Å². The van der Waals surface area contributed by atoms with Gasteiger partial charge in [-0.05, 0) is 42.3 Å². The molecule has 1 aromatic rings. The van der Waals surface area contributed by atoms with E-state index >= 15 is 0 Å². The van der Waals surface area contributed by atoms with E-state index in [4.69, 9.17) is 0 Å². The van der Waals surface area contributed by atoms with Crippen LogP contribution in [0.1, 0.15) is 39.7 Å². The van der Waals surface area contributed by atoms with Crippen molar-refractivity contribution in [2.24, 2.45) is 17.8 Å². The molecular formula is C17H29N3. The SMILES string of the molecule is CC(C)CNCc1ccc(N2CC(C)CC(C)C2)nc1. The topological polar surface area (TPSA) is 28.2 Å². The molecule has 0 bridgehead atoms. The number of nitrogens with one attached hydrogen (secondary N) is 1. The second-order valence-electron chi connectivity index (χ2n) is 6.90. The van der Waals surface area contributed by atoms with Crippen LogP contribution in [0.4, 0.5) is 5.82 Å². The molecule has 20 heavy (non-hydrogen) atoms. The molecule has 1 aromatic heterocycles. The van der Waals surface area contributed by atoms with Crippen LogP contribution < -0.4 is 10.2 Å². The van der Waals surface area contributed by atoms with Crippen LogP contribution in [0.15, 0.2) is 18.3 Å². The zero-order valence-electron chi connectivity index (χ0n) is 13.4. The minimum absolute atomic E-state index is 0.693. The lowest BCUT2D eigenvalue weighted by Gasteiger charge is -2.35. The molecule has 1 fully saturated rings. The fourth-order valence-corrected chi connectivity index (χ4v) is 3.06. The average Bonchev–Trinajstić information content (AvgIpc) is 2.38. The standard InChI is InChI=1S/C17H29N3/c1-13(2)8-18-9-16-5-6-17(19-10-16)20-11-14(3)7-15(4)12-20/h5-6,10,13-15,18H,7-9,11-12H2,1-4H3. The van der Waals surface area contributed by atoms with E-state index < -0.39 is 0 Å². The van der Waals surface area contributed by atoms with E-state index in [2.05, 4.69) is 55.0 Å². The Labute approximate surface area is 123 Å². The molecule has 2 atom stereocenters. The highest BCUT2D eigenvalue weighted by atomic mass is 15.2. The van der Waals surface area contributed by atoms with Crippen molar-refractivity contribution in [1.29, 1.82) is 0 Å². The average molecular weight is 275 g/mol. The summed E-state index contributed by atoms with van der Waals surface area (Å²) in [5, 5.41) is 3.46. The van der Waals surface area contributed by atoms with Gasteiger partial charge in [0.1, 0.15) is 5.82 Å². The zero-order chi connectivity index (χ0) is 14.5. The number of rotatable bonds is 5. The highest BCUT2D eigenvalue weighted by molar-refractivity contribution is 5.40. The number of hydrogen-bond donors (Lipinski definition) is 1. The van der Waals surface area contributed by atoms with Crippen LogP contribution in [0.25, 0.3) is 0 Å². The molecule has 0 spiro atoms. The van der Waals surface area contributed by atoms with Crippen molar-refractivity contribution < 1.29 is 0 Å². The van der Waals surface area contributed by atoms with E-state index in [0.29, 0.717) is 5.92 Å². The van der Waals surface area contributed by atoms with Gasteiger partial charge in [0.2, 0.25) is 0 Å². The molecule has 3 nitrogen and oxygen atoms in total. The van der Waals surface area contributed by atoms with Gasteiger partial charge in [0.05, 0.1) is 0 Å². The van der Waals surface area contributed by atoms with Gasteiger partial charge in [0, 0.05) is 25.8 Å². The first-order valence-electron chi connectivity index (χ1n) is 7.95. The zero-order valence-corrected chi connectivity index (χ0v) is 13.4. The Bertz CT molecular complexity index is 389. The van der Waals surface area contributed by atoms with E-state index in [-0.39, 0.29) is 0 Å². The Hall–Kier alpha value is -1.09. The minimum Gasteiger partial charge on any atom is -0.356 e. The maximum Gasteiger partial charge on any atom is 0.128 e. The normalized spacial score (nSPS) is 23.4. The number of aromatic nitrogens is 1. The predicted molar refractivity (Wildman–Crippen MR) is 85.9 cm³/mol. The van der Waals surface area contributed by atoms with Gasteiger partial charge in [0.15, 0.2) is 0 Å². The molecule has 2 unspecified atom stereocenters. The lowest BCUT2D eigenvalue weighted by atomic mass is 9.92. The Morgan fingerprint density at radius 3 is 2.50 bits per heavy atom. The van der Waals surface area contributed by atoms with Crippen molar-refractivity contribution in [1.82, 2.24) is 10.3 Å². The summed E-state index contributed by atoms with van der Waals surface area (Å²) in [4.78, 5) is 7.09. The van der Waals surface area contributed by atoms with Crippen LogP contribution in [-0.4, -0.2) is 24.6 Å². The molecule has 1 aliphatic rings. The van der Waals surface area contributed by atoms with Crippen molar-refractivity contribution in [2.75, 3.05) is 24.5 Å². The van der Waals surface area contributed by atoms with E-state index in [1.165, 1.54) is 12.0 Å². The van der Waals surface area contributed by atoms with Crippen molar-refractivity contribution >= 4 is 5.82 Å². The summed E-state index contributed by atoms with van der Waals surface area (Å²) < 4.78 is 0. The van der Waals surface area contributed by atoms with Gasteiger partial charge >= 0.3 is 0 Å². The molecule has 0 aromatic carbocycles.